The van der Waals surface area contributed by atoms with Crippen LogP contribution in [-0.2, 0) is 4.79 Å². The van der Waals surface area contributed by atoms with Crippen molar-refractivity contribution in [3.8, 4) is 5.75 Å². The quantitative estimate of drug-likeness (QED) is 0.538. The highest BCUT2D eigenvalue weighted by Gasteiger charge is 2.33. The molecule has 1 saturated heterocycles. The normalized spacial score (nSPS) is 16.3. The van der Waals surface area contributed by atoms with Crippen molar-refractivity contribution < 1.29 is 9.53 Å². The van der Waals surface area contributed by atoms with Crippen LogP contribution in [0.25, 0.3) is 6.08 Å². The van der Waals surface area contributed by atoms with Crippen molar-refractivity contribution in [3.63, 3.8) is 0 Å². The summed E-state index contributed by atoms with van der Waals surface area (Å²) in [5.74, 6) is 0.574. The highest BCUT2D eigenvalue weighted by Crippen LogP contribution is 2.37. The third-order valence-electron chi connectivity index (χ3n) is 3.27. The van der Waals surface area contributed by atoms with Crippen molar-refractivity contribution in [2.75, 3.05) is 12.0 Å². The summed E-state index contributed by atoms with van der Waals surface area (Å²) in [6.45, 7) is 0. The minimum atomic E-state index is -0.115. The Morgan fingerprint density at radius 1 is 1.22 bits per heavy atom. The maximum Gasteiger partial charge on any atom is 0.270 e. The predicted octanol–water partition coefficient (Wildman–Crippen LogP) is 4.86. The molecule has 0 aliphatic carbocycles. The SMILES string of the molecule is COc1cccc(N2C(=O)/C(=C/c3ccc(Br)cc3)SC2=S)c1. The molecule has 3 nitrogen and oxygen atoms in total. The van der Waals surface area contributed by atoms with Gasteiger partial charge in [-0.15, -0.1) is 0 Å². The van der Waals surface area contributed by atoms with Crippen LogP contribution in [0.1, 0.15) is 5.56 Å². The van der Waals surface area contributed by atoms with E-state index in [9.17, 15) is 4.79 Å². The van der Waals surface area contributed by atoms with Gasteiger partial charge in [0, 0.05) is 10.5 Å². The summed E-state index contributed by atoms with van der Waals surface area (Å²) >= 11 is 10.1. The molecular formula is C17H12BrNO2S2. The zero-order valence-corrected chi connectivity index (χ0v) is 15.4. The Hall–Kier alpha value is -1.63. The fourth-order valence-corrected chi connectivity index (χ4v) is 3.71. The molecule has 0 spiro atoms. The number of benzene rings is 2. The summed E-state index contributed by atoms with van der Waals surface area (Å²) in [5.41, 5.74) is 1.67. The number of ether oxygens (including phenoxy) is 1. The van der Waals surface area contributed by atoms with Crippen LogP contribution in [0.5, 0.6) is 5.75 Å². The standard InChI is InChI=1S/C17H12BrNO2S2/c1-21-14-4-2-3-13(10-14)19-16(20)15(23-17(19)22)9-11-5-7-12(18)8-6-11/h2-10H,1H3/b15-9-. The molecule has 0 saturated carbocycles. The number of anilines is 1. The number of thiocarbonyl (C=S) groups is 1. The largest absolute Gasteiger partial charge is 0.497 e. The first-order chi connectivity index (χ1) is 11.1. The molecule has 0 radical (unpaired) electrons. The highest BCUT2D eigenvalue weighted by molar-refractivity contribution is 9.10. The number of thioether (sulfide) groups is 1. The van der Waals surface area contributed by atoms with Crippen LogP contribution in [-0.4, -0.2) is 17.3 Å². The third kappa shape index (κ3) is 3.49. The van der Waals surface area contributed by atoms with Gasteiger partial charge in [-0.2, -0.15) is 0 Å². The van der Waals surface area contributed by atoms with Gasteiger partial charge in [-0.25, -0.2) is 0 Å². The zero-order valence-electron chi connectivity index (χ0n) is 12.2. The number of carbonyl (C=O) groups excluding carboxylic acids is 1. The Morgan fingerprint density at radius 3 is 2.65 bits per heavy atom. The molecule has 1 amide bonds. The average molecular weight is 406 g/mol. The van der Waals surface area contributed by atoms with Crippen LogP contribution < -0.4 is 9.64 Å². The lowest BCUT2D eigenvalue weighted by molar-refractivity contribution is -0.113. The summed E-state index contributed by atoms with van der Waals surface area (Å²) in [5, 5.41) is 0. The van der Waals surface area contributed by atoms with Crippen LogP contribution in [0.3, 0.4) is 0 Å². The summed E-state index contributed by atoms with van der Waals surface area (Å²) in [7, 11) is 1.59. The predicted molar refractivity (Wildman–Crippen MR) is 103 cm³/mol. The van der Waals surface area contributed by atoms with E-state index in [1.807, 2.05) is 48.5 Å². The van der Waals surface area contributed by atoms with Gasteiger partial charge in [0.15, 0.2) is 4.32 Å². The summed E-state index contributed by atoms with van der Waals surface area (Å²) in [6, 6.07) is 15.1. The minimum Gasteiger partial charge on any atom is -0.497 e. The van der Waals surface area contributed by atoms with Gasteiger partial charge in [-0.05, 0) is 35.9 Å². The molecule has 1 fully saturated rings. The van der Waals surface area contributed by atoms with Crippen LogP contribution in [0.15, 0.2) is 57.9 Å². The molecule has 1 aliphatic heterocycles. The Morgan fingerprint density at radius 2 is 1.96 bits per heavy atom. The first kappa shape index (κ1) is 16.2. The lowest BCUT2D eigenvalue weighted by atomic mass is 10.2. The van der Waals surface area contributed by atoms with Gasteiger partial charge in [-0.1, -0.05) is 58.1 Å². The van der Waals surface area contributed by atoms with Gasteiger partial charge < -0.3 is 4.74 Å². The topological polar surface area (TPSA) is 29.5 Å². The van der Waals surface area contributed by atoms with Crippen molar-refractivity contribution in [1.29, 1.82) is 0 Å². The lowest BCUT2D eigenvalue weighted by Gasteiger charge is -2.15. The van der Waals surface area contributed by atoms with E-state index in [4.69, 9.17) is 17.0 Å². The van der Waals surface area contributed by atoms with E-state index in [0.29, 0.717) is 20.7 Å². The third-order valence-corrected chi connectivity index (χ3v) is 5.10. The van der Waals surface area contributed by atoms with Crippen molar-refractivity contribution in [2.45, 2.75) is 0 Å². The van der Waals surface area contributed by atoms with Gasteiger partial charge in [0.05, 0.1) is 17.7 Å². The van der Waals surface area contributed by atoms with Crippen molar-refractivity contribution >= 4 is 61.9 Å². The molecule has 0 bridgehead atoms. The number of amides is 1. The molecule has 0 aromatic heterocycles. The van der Waals surface area contributed by atoms with Crippen LogP contribution in [0.4, 0.5) is 5.69 Å². The molecule has 116 valence electrons. The molecule has 0 atom stereocenters. The number of carbonyl (C=O) groups is 1. The molecule has 2 aromatic carbocycles. The summed E-state index contributed by atoms with van der Waals surface area (Å²) in [4.78, 5) is 14.8. The van der Waals surface area contributed by atoms with E-state index < -0.39 is 0 Å². The van der Waals surface area contributed by atoms with Gasteiger partial charge in [0.25, 0.3) is 5.91 Å². The number of hydrogen-bond donors (Lipinski definition) is 0. The molecular weight excluding hydrogens is 394 g/mol. The molecule has 0 N–H and O–H groups in total. The highest BCUT2D eigenvalue weighted by atomic mass is 79.9. The fourth-order valence-electron chi connectivity index (χ4n) is 2.15. The van der Waals surface area contributed by atoms with E-state index in [-0.39, 0.29) is 5.91 Å². The second kappa shape index (κ2) is 6.86. The Kier molecular flexibility index (Phi) is 4.84. The minimum absolute atomic E-state index is 0.115. The van der Waals surface area contributed by atoms with Crippen LogP contribution in [0.2, 0.25) is 0 Å². The Balaban J connectivity index is 1.91. The average Bonchev–Trinajstić information content (AvgIpc) is 2.83. The van der Waals surface area contributed by atoms with Crippen molar-refractivity contribution in [2.24, 2.45) is 0 Å². The summed E-state index contributed by atoms with van der Waals surface area (Å²) < 4.78 is 6.73. The molecule has 1 aliphatic rings. The molecule has 0 unspecified atom stereocenters. The number of nitrogens with zero attached hydrogens (tertiary/aromatic N) is 1. The number of hydrogen-bond acceptors (Lipinski definition) is 4. The molecule has 6 heteroatoms. The first-order valence-corrected chi connectivity index (χ1v) is 8.78. The fraction of sp³-hybridized carbons (Fsp3) is 0.0588. The second-order valence-corrected chi connectivity index (χ2v) is 7.36. The molecule has 1 heterocycles. The van der Waals surface area contributed by atoms with Gasteiger partial charge >= 0.3 is 0 Å². The van der Waals surface area contributed by atoms with Gasteiger partial charge in [0.2, 0.25) is 0 Å². The Bertz CT molecular complexity index is 802. The smallest absolute Gasteiger partial charge is 0.270 e. The number of halogens is 1. The molecule has 3 rings (SSSR count). The number of methoxy groups -OCH3 is 1. The van der Waals surface area contributed by atoms with E-state index in [1.54, 1.807) is 13.2 Å². The van der Waals surface area contributed by atoms with Crippen LogP contribution in [0, 0.1) is 0 Å². The molecule has 23 heavy (non-hydrogen) atoms. The van der Waals surface area contributed by atoms with E-state index in [1.165, 1.54) is 16.7 Å². The van der Waals surface area contributed by atoms with Gasteiger partial charge in [-0.3, -0.25) is 9.69 Å². The lowest BCUT2D eigenvalue weighted by Crippen LogP contribution is -2.27. The maximum absolute atomic E-state index is 12.7. The number of rotatable bonds is 3. The summed E-state index contributed by atoms with van der Waals surface area (Å²) in [6.07, 6.45) is 1.85. The maximum atomic E-state index is 12.7. The zero-order chi connectivity index (χ0) is 16.4. The Labute approximate surface area is 152 Å². The second-order valence-electron chi connectivity index (χ2n) is 4.77. The van der Waals surface area contributed by atoms with E-state index >= 15 is 0 Å². The van der Waals surface area contributed by atoms with Crippen LogP contribution >= 0.6 is 39.9 Å². The van der Waals surface area contributed by atoms with E-state index in [2.05, 4.69) is 15.9 Å². The first-order valence-electron chi connectivity index (χ1n) is 6.76. The molecule has 2 aromatic rings. The van der Waals surface area contributed by atoms with Crippen molar-refractivity contribution in [1.82, 2.24) is 0 Å². The van der Waals surface area contributed by atoms with E-state index in [0.717, 1.165) is 10.0 Å². The van der Waals surface area contributed by atoms with Crippen molar-refractivity contribution in [3.05, 3.63) is 63.5 Å². The monoisotopic (exact) mass is 405 g/mol. The van der Waals surface area contributed by atoms with Gasteiger partial charge in [0.1, 0.15) is 5.75 Å².